The van der Waals surface area contributed by atoms with Crippen LogP contribution in [0.4, 0.5) is 5.69 Å². The average Bonchev–Trinajstić information content (AvgIpc) is 2.47. The first-order chi connectivity index (χ1) is 10.5. The Labute approximate surface area is 132 Å². The second-order valence-corrected chi connectivity index (χ2v) is 5.26. The standard InChI is InChI=1S/C17H25NO4/c1-12(2)10-13(3)17(19)18-14-6-7-15(21-5)16(11-14)22-9-8-20-4/h6-7,11,13H,1,8-10H2,2-5H3,(H,18,19). The molecule has 1 atom stereocenters. The topological polar surface area (TPSA) is 56.8 Å². The van der Waals surface area contributed by atoms with Crippen LogP contribution in [0.1, 0.15) is 20.3 Å². The molecule has 1 rings (SSSR count). The predicted molar refractivity (Wildman–Crippen MR) is 87.6 cm³/mol. The van der Waals surface area contributed by atoms with Gasteiger partial charge in [-0.25, -0.2) is 0 Å². The molecular weight excluding hydrogens is 282 g/mol. The van der Waals surface area contributed by atoms with Gasteiger partial charge in [0.2, 0.25) is 5.91 Å². The Bertz CT molecular complexity index is 513. The summed E-state index contributed by atoms with van der Waals surface area (Å²) >= 11 is 0. The van der Waals surface area contributed by atoms with Crippen molar-refractivity contribution < 1.29 is 19.0 Å². The van der Waals surface area contributed by atoms with Gasteiger partial charge >= 0.3 is 0 Å². The van der Waals surface area contributed by atoms with E-state index in [0.717, 1.165) is 5.57 Å². The van der Waals surface area contributed by atoms with Crippen molar-refractivity contribution in [2.45, 2.75) is 20.3 Å². The fourth-order valence-corrected chi connectivity index (χ4v) is 1.98. The van der Waals surface area contributed by atoms with Gasteiger partial charge in [-0.2, -0.15) is 0 Å². The van der Waals surface area contributed by atoms with Gasteiger partial charge in [-0.3, -0.25) is 4.79 Å². The molecule has 22 heavy (non-hydrogen) atoms. The van der Waals surface area contributed by atoms with Gasteiger partial charge in [-0.1, -0.05) is 12.5 Å². The Morgan fingerprint density at radius 3 is 2.59 bits per heavy atom. The van der Waals surface area contributed by atoms with E-state index in [1.54, 1.807) is 32.4 Å². The molecule has 5 nitrogen and oxygen atoms in total. The van der Waals surface area contributed by atoms with Crippen LogP contribution in [0.3, 0.4) is 0 Å². The van der Waals surface area contributed by atoms with Crippen molar-refractivity contribution in [2.24, 2.45) is 5.92 Å². The van der Waals surface area contributed by atoms with Gasteiger partial charge in [0.05, 0.1) is 13.7 Å². The van der Waals surface area contributed by atoms with E-state index in [2.05, 4.69) is 11.9 Å². The molecule has 1 N–H and O–H groups in total. The number of carbonyl (C=O) groups is 1. The minimum atomic E-state index is -0.127. The number of ether oxygens (including phenoxy) is 3. The number of allylic oxidation sites excluding steroid dienone is 1. The van der Waals surface area contributed by atoms with Crippen molar-refractivity contribution in [1.29, 1.82) is 0 Å². The SMILES string of the molecule is C=C(C)CC(C)C(=O)Nc1ccc(OC)c(OCCOC)c1. The first-order valence-corrected chi connectivity index (χ1v) is 7.23. The zero-order valence-corrected chi connectivity index (χ0v) is 13.8. The Hall–Kier alpha value is -2.01. The monoisotopic (exact) mass is 307 g/mol. The Morgan fingerprint density at radius 2 is 2.00 bits per heavy atom. The highest BCUT2D eigenvalue weighted by Gasteiger charge is 2.14. The van der Waals surface area contributed by atoms with Gasteiger partial charge in [-0.15, -0.1) is 6.58 Å². The number of rotatable bonds is 9. The molecule has 0 radical (unpaired) electrons. The van der Waals surface area contributed by atoms with Gasteiger partial charge in [0.25, 0.3) is 0 Å². The molecule has 0 aliphatic heterocycles. The van der Waals surface area contributed by atoms with Gasteiger partial charge in [0.15, 0.2) is 11.5 Å². The van der Waals surface area contributed by atoms with Crippen LogP contribution in [0, 0.1) is 5.92 Å². The summed E-state index contributed by atoms with van der Waals surface area (Å²) in [6.45, 7) is 8.52. The first kappa shape index (κ1) is 18.0. The number of nitrogens with one attached hydrogen (secondary N) is 1. The van der Waals surface area contributed by atoms with Gasteiger partial charge in [0, 0.05) is 24.8 Å². The van der Waals surface area contributed by atoms with Crippen LogP contribution < -0.4 is 14.8 Å². The third-order valence-corrected chi connectivity index (χ3v) is 3.08. The van der Waals surface area contributed by atoms with E-state index >= 15 is 0 Å². The lowest BCUT2D eigenvalue weighted by Gasteiger charge is -2.15. The van der Waals surface area contributed by atoms with Crippen LogP contribution in [0.5, 0.6) is 11.5 Å². The quantitative estimate of drug-likeness (QED) is 0.562. The summed E-state index contributed by atoms with van der Waals surface area (Å²) < 4.78 is 15.8. The molecule has 0 aromatic heterocycles. The van der Waals surface area contributed by atoms with Crippen LogP contribution in [0.2, 0.25) is 0 Å². The number of anilines is 1. The normalized spacial score (nSPS) is 11.6. The summed E-state index contributed by atoms with van der Waals surface area (Å²) in [5, 5.41) is 2.88. The molecule has 0 aliphatic rings. The molecule has 0 aliphatic carbocycles. The molecule has 1 unspecified atom stereocenters. The highest BCUT2D eigenvalue weighted by molar-refractivity contribution is 5.92. The van der Waals surface area contributed by atoms with Crippen LogP contribution in [-0.2, 0) is 9.53 Å². The number of carbonyl (C=O) groups excluding carboxylic acids is 1. The highest BCUT2D eigenvalue weighted by Crippen LogP contribution is 2.30. The molecule has 122 valence electrons. The van der Waals surface area contributed by atoms with E-state index in [1.807, 2.05) is 13.8 Å². The summed E-state index contributed by atoms with van der Waals surface area (Å²) in [7, 11) is 3.19. The van der Waals surface area contributed by atoms with E-state index in [4.69, 9.17) is 14.2 Å². The molecule has 5 heteroatoms. The van der Waals surface area contributed by atoms with E-state index < -0.39 is 0 Å². The third-order valence-electron chi connectivity index (χ3n) is 3.08. The number of benzene rings is 1. The molecule has 0 saturated heterocycles. The van der Waals surface area contributed by atoms with E-state index in [1.165, 1.54) is 0 Å². The Balaban J connectivity index is 2.76. The van der Waals surface area contributed by atoms with Crippen LogP contribution in [0.15, 0.2) is 30.4 Å². The summed E-state index contributed by atoms with van der Waals surface area (Å²) in [5.41, 5.74) is 1.66. The second kappa shape index (κ2) is 9.10. The minimum absolute atomic E-state index is 0.0454. The average molecular weight is 307 g/mol. The largest absolute Gasteiger partial charge is 0.493 e. The van der Waals surface area contributed by atoms with Crippen LogP contribution in [-0.4, -0.2) is 33.3 Å². The number of hydrogen-bond acceptors (Lipinski definition) is 4. The van der Waals surface area contributed by atoms with Gasteiger partial charge in [0.1, 0.15) is 6.61 Å². The van der Waals surface area contributed by atoms with Crippen molar-refractivity contribution in [1.82, 2.24) is 0 Å². The fourth-order valence-electron chi connectivity index (χ4n) is 1.98. The molecule has 1 aromatic rings. The first-order valence-electron chi connectivity index (χ1n) is 7.23. The Morgan fingerprint density at radius 1 is 1.27 bits per heavy atom. The maximum Gasteiger partial charge on any atom is 0.227 e. The smallest absolute Gasteiger partial charge is 0.227 e. The van der Waals surface area contributed by atoms with Crippen LogP contribution >= 0.6 is 0 Å². The van der Waals surface area contributed by atoms with E-state index in [0.29, 0.717) is 36.8 Å². The minimum Gasteiger partial charge on any atom is -0.493 e. The molecule has 0 bridgehead atoms. The number of methoxy groups -OCH3 is 2. The predicted octanol–water partition coefficient (Wildman–Crippen LogP) is 3.26. The van der Waals surface area contributed by atoms with E-state index in [9.17, 15) is 4.79 Å². The lowest BCUT2D eigenvalue weighted by atomic mass is 10.0. The molecule has 0 heterocycles. The van der Waals surface area contributed by atoms with Crippen molar-refractivity contribution in [2.75, 3.05) is 32.8 Å². The van der Waals surface area contributed by atoms with Gasteiger partial charge in [-0.05, 0) is 25.5 Å². The fraction of sp³-hybridized carbons (Fsp3) is 0.471. The maximum absolute atomic E-state index is 12.1. The van der Waals surface area contributed by atoms with Gasteiger partial charge < -0.3 is 19.5 Å². The molecular formula is C17H25NO4. The molecule has 1 aromatic carbocycles. The molecule has 0 saturated carbocycles. The zero-order chi connectivity index (χ0) is 16.5. The third kappa shape index (κ3) is 5.77. The molecule has 1 amide bonds. The lowest BCUT2D eigenvalue weighted by molar-refractivity contribution is -0.119. The van der Waals surface area contributed by atoms with Crippen molar-refractivity contribution >= 4 is 11.6 Å². The molecule has 0 spiro atoms. The van der Waals surface area contributed by atoms with Crippen molar-refractivity contribution in [3.63, 3.8) is 0 Å². The summed E-state index contributed by atoms with van der Waals surface area (Å²) in [4.78, 5) is 12.1. The van der Waals surface area contributed by atoms with Crippen molar-refractivity contribution in [3.05, 3.63) is 30.4 Å². The Kier molecular flexibility index (Phi) is 7.46. The van der Waals surface area contributed by atoms with E-state index in [-0.39, 0.29) is 11.8 Å². The van der Waals surface area contributed by atoms with Crippen LogP contribution in [0.25, 0.3) is 0 Å². The maximum atomic E-state index is 12.1. The number of hydrogen-bond donors (Lipinski definition) is 1. The number of amides is 1. The zero-order valence-electron chi connectivity index (χ0n) is 13.8. The molecule has 0 fully saturated rings. The second-order valence-electron chi connectivity index (χ2n) is 5.26. The van der Waals surface area contributed by atoms with Crippen molar-refractivity contribution in [3.8, 4) is 11.5 Å². The summed E-state index contributed by atoms with van der Waals surface area (Å²) in [6.07, 6.45) is 0.666. The lowest BCUT2D eigenvalue weighted by Crippen LogP contribution is -2.20. The summed E-state index contributed by atoms with van der Waals surface area (Å²) in [6, 6.07) is 5.30. The summed E-state index contributed by atoms with van der Waals surface area (Å²) in [5.74, 6) is 1.02. The highest BCUT2D eigenvalue weighted by atomic mass is 16.5.